The van der Waals surface area contributed by atoms with Crippen LogP contribution in [0, 0.1) is 11.3 Å². The lowest BCUT2D eigenvalue weighted by Gasteiger charge is -2.37. The molecule has 1 fully saturated rings. The Bertz CT molecular complexity index is 1630. The van der Waals surface area contributed by atoms with E-state index in [2.05, 4.69) is 42.2 Å². The minimum Gasteiger partial charge on any atom is -0.345 e. The molecule has 2 atom stereocenters. The number of benzene rings is 2. The highest BCUT2D eigenvalue weighted by Crippen LogP contribution is 2.47. The Morgan fingerprint density at radius 1 is 0.979 bits per heavy atom. The molecule has 2 aliphatic rings. The van der Waals surface area contributed by atoms with Crippen LogP contribution in [0.1, 0.15) is 101 Å². The van der Waals surface area contributed by atoms with Crippen LogP contribution in [-0.2, 0) is 23.1 Å². The summed E-state index contributed by atoms with van der Waals surface area (Å²) in [7, 11) is 6.98. The van der Waals surface area contributed by atoms with Crippen LogP contribution in [-0.4, -0.2) is 101 Å². The Morgan fingerprint density at radius 2 is 1.55 bits per heavy atom. The van der Waals surface area contributed by atoms with Gasteiger partial charge in [-0.05, 0) is 85.5 Å². The Morgan fingerprint density at radius 3 is 2.04 bits per heavy atom. The number of aryl methyl sites for hydroxylation is 2. The van der Waals surface area contributed by atoms with Gasteiger partial charge in [0.25, 0.3) is 11.8 Å². The quantitative estimate of drug-likeness (QED) is 0.365. The van der Waals surface area contributed by atoms with Crippen molar-refractivity contribution in [2.24, 2.45) is 0 Å². The molecule has 2 heterocycles. The fraction of sp³-hybridized carbons (Fsp3) is 0.500. The molecule has 248 valence electrons. The monoisotopic (exact) mass is 638 g/mol. The fourth-order valence-corrected chi connectivity index (χ4v) is 7.02. The topological polar surface area (TPSA) is 138 Å². The lowest BCUT2D eigenvalue weighted by atomic mass is 9.67. The van der Waals surface area contributed by atoms with E-state index in [9.17, 15) is 19.6 Å². The summed E-state index contributed by atoms with van der Waals surface area (Å²) in [5.41, 5.74) is 4.42. The highest BCUT2D eigenvalue weighted by molar-refractivity contribution is 5.95. The second kappa shape index (κ2) is 13.7. The predicted octanol–water partition coefficient (Wildman–Crippen LogP) is 3.65. The molecule has 47 heavy (non-hydrogen) atoms. The maximum Gasteiger partial charge on any atom is 0.253 e. The van der Waals surface area contributed by atoms with Gasteiger partial charge in [0.15, 0.2) is 0 Å². The number of hydrogen-bond acceptors (Lipinski definition) is 7. The zero-order valence-corrected chi connectivity index (χ0v) is 28.6. The van der Waals surface area contributed by atoms with Crippen molar-refractivity contribution >= 4 is 17.7 Å². The van der Waals surface area contributed by atoms with Gasteiger partial charge in [-0.25, -0.2) is 0 Å². The second-order valence-electron chi connectivity index (χ2n) is 13.6. The van der Waals surface area contributed by atoms with Crippen molar-refractivity contribution in [1.29, 1.82) is 5.26 Å². The molecular weight excluding hydrogens is 592 g/mol. The molecule has 2 N–H and O–H groups in total. The molecule has 5 rings (SSSR count). The van der Waals surface area contributed by atoms with Gasteiger partial charge in [0, 0.05) is 57.8 Å². The summed E-state index contributed by atoms with van der Waals surface area (Å²) in [4.78, 5) is 47.8. The normalized spacial score (nSPS) is 17.3. The zero-order valence-electron chi connectivity index (χ0n) is 28.6. The third kappa shape index (κ3) is 6.52. The van der Waals surface area contributed by atoms with Crippen LogP contribution in [0.4, 0.5) is 0 Å². The molecule has 1 saturated heterocycles. The number of aromatic nitrogens is 3. The maximum absolute atomic E-state index is 13.2. The number of rotatable bonds is 9. The summed E-state index contributed by atoms with van der Waals surface area (Å²) in [5, 5.41) is 22.3. The number of aromatic amines is 1. The largest absolute Gasteiger partial charge is 0.345 e. The number of hydrogen-bond donors (Lipinski definition) is 2. The number of H-pyrrole nitrogens is 1. The Balaban J connectivity index is 1.66. The Labute approximate surface area is 277 Å². The van der Waals surface area contributed by atoms with Crippen LogP contribution in [0.25, 0.3) is 0 Å². The van der Waals surface area contributed by atoms with Gasteiger partial charge in [0.1, 0.15) is 17.7 Å². The number of nitriles is 1. The lowest BCUT2D eigenvalue weighted by Crippen LogP contribution is -2.45. The van der Waals surface area contributed by atoms with E-state index in [1.165, 1.54) is 0 Å². The van der Waals surface area contributed by atoms with Crippen LogP contribution < -0.4 is 5.32 Å². The second-order valence-corrected chi connectivity index (χ2v) is 13.6. The summed E-state index contributed by atoms with van der Waals surface area (Å²) in [6, 6.07) is 13.5. The van der Waals surface area contributed by atoms with Crippen LogP contribution in [0.3, 0.4) is 0 Å². The van der Waals surface area contributed by atoms with Crippen molar-refractivity contribution in [1.82, 2.24) is 35.2 Å². The van der Waals surface area contributed by atoms with E-state index in [1.54, 1.807) is 42.9 Å². The van der Waals surface area contributed by atoms with E-state index in [-0.39, 0.29) is 42.3 Å². The zero-order chi connectivity index (χ0) is 34.0. The van der Waals surface area contributed by atoms with Crippen molar-refractivity contribution in [2.45, 2.75) is 76.3 Å². The molecule has 0 unspecified atom stereocenters. The number of nitrogens with one attached hydrogen (secondary N) is 2. The van der Waals surface area contributed by atoms with Gasteiger partial charge in [0.05, 0.1) is 18.0 Å². The summed E-state index contributed by atoms with van der Waals surface area (Å²) >= 11 is 0. The molecule has 11 nitrogen and oxygen atoms in total. The first-order valence-electron chi connectivity index (χ1n) is 16.4. The highest BCUT2D eigenvalue weighted by Gasteiger charge is 2.45. The van der Waals surface area contributed by atoms with E-state index in [0.717, 1.165) is 34.5 Å². The molecule has 3 aromatic rings. The molecule has 0 saturated carbocycles. The van der Waals surface area contributed by atoms with Crippen LogP contribution in [0.5, 0.6) is 0 Å². The van der Waals surface area contributed by atoms with Crippen LogP contribution in [0.2, 0.25) is 0 Å². The van der Waals surface area contributed by atoms with Crippen LogP contribution in [0.15, 0.2) is 36.4 Å². The smallest absolute Gasteiger partial charge is 0.253 e. The third-order valence-electron chi connectivity index (χ3n) is 9.49. The van der Waals surface area contributed by atoms with Crippen LogP contribution >= 0.6 is 0 Å². The summed E-state index contributed by atoms with van der Waals surface area (Å²) in [5.74, 6) is 1.31. The molecule has 1 aliphatic carbocycles. The number of amides is 3. The standard InChI is InChI=1S/C36H46N8O3/c1-22(2)32-39-35(41-40-32)36(19-23(3)38-21-31(45)44-16-8-9-28(44)20-37)29-14-12-26(33(46)42(4)5)17-24(29)10-11-25-18-27(13-15-30(25)36)34(47)43(6)7/h12-15,17-18,22-23,28,38H,8-11,16,19,21H2,1-7H3,(H,39,40,41)/t23-,28-/m0/s1. The van der Waals surface area contributed by atoms with Gasteiger partial charge < -0.3 is 25.0 Å². The number of fused-ring (bicyclic) bond motifs is 2. The van der Waals surface area contributed by atoms with Gasteiger partial charge in [-0.1, -0.05) is 26.0 Å². The van der Waals surface area contributed by atoms with Gasteiger partial charge in [-0.2, -0.15) is 5.26 Å². The highest BCUT2D eigenvalue weighted by atomic mass is 16.2. The van der Waals surface area contributed by atoms with E-state index >= 15 is 0 Å². The van der Waals surface area contributed by atoms with E-state index in [4.69, 9.17) is 5.10 Å². The lowest BCUT2D eigenvalue weighted by molar-refractivity contribution is -0.130. The summed E-state index contributed by atoms with van der Waals surface area (Å²) in [6.45, 7) is 6.88. The minimum atomic E-state index is -0.848. The molecule has 1 aromatic heterocycles. The van der Waals surface area contributed by atoms with Crippen molar-refractivity contribution in [2.75, 3.05) is 41.3 Å². The SMILES string of the molecule is CC(C)c1nnc(C2(C[C@H](C)NCC(=O)N3CCC[C@H]3C#N)c3ccc(C(=O)N(C)C)cc3CCc3cc(C(=O)N(C)C)ccc32)[nH]1. The van der Waals surface area contributed by atoms with Crippen molar-refractivity contribution < 1.29 is 14.4 Å². The third-order valence-corrected chi connectivity index (χ3v) is 9.49. The first kappa shape index (κ1) is 33.8. The Kier molecular flexibility index (Phi) is 9.82. The molecule has 0 radical (unpaired) electrons. The van der Waals surface area contributed by atoms with E-state index < -0.39 is 5.41 Å². The van der Waals surface area contributed by atoms with Gasteiger partial charge in [-0.3, -0.25) is 14.4 Å². The van der Waals surface area contributed by atoms with E-state index in [1.807, 2.05) is 36.4 Å². The molecule has 0 spiro atoms. The van der Waals surface area contributed by atoms with Gasteiger partial charge >= 0.3 is 0 Å². The number of nitrogens with zero attached hydrogens (tertiary/aromatic N) is 6. The average Bonchev–Trinajstić information content (AvgIpc) is 3.73. The van der Waals surface area contributed by atoms with Gasteiger partial charge in [0.2, 0.25) is 5.91 Å². The first-order valence-corrected chi connectivity index (χ1v) is 16.4. The molecule has 2 aromatic carbocycles. The number of likely N-dealkylation sites (tertiary alicyclic amines) is 1. The average molecular weight is 639 g/mol. The molecule has 1 aliphatic heterocycles. The van der Waals surface area contributed by atoms with Crippen molar-refractivity contribution in [3.63, 3.8) is 0 Å². The molecule has 0 bridgehead atoms. The van der Waals surface area contributed by atoms with Crippen molar-refractivity contribution in [3.8, 4) is 6.07 Å². The first-order chi connectivity index (χ1) is 22.4. The minimum absolute atomic E-state index is 0.0769. The number of carbonyl (C=O) groups is 3. The predicted molar refractivity (Wildman–Crippen MR) is 179 cm³/mol. The molecule has 3 amide bonds. The van der Waals surface area contributed by atoms with Gasteiger partial charge in [-0.15, -0.1) is 10.2 Å². The summed E-state index contributed by atoms with van der Waals surface area (Å²) < 4.78 is 0. The summed E-state index contributed by atoms with van der Waals surface area (Å²) in [6.07, 6.45) is 3.37. The molecular formula is C36H46N8O3. The number of carbonyl (C=O) groups excluding carboxylic acids is 3. The fourth-order valence-electron chi connectivity index (χ4n) is 7.02. The molecule has 11 heteroatoms. The van der Waals surface area contributed by atoms with E-state index in [0.29, 0.717) is 49.2 Å². The Hall–Kier alpha value is -4.56. The van der Waals surface area contributed by atoms with Crippen molar-refractivity contribution in [3.05, 3.63) is 81.4 Å². The maximum atomic E-state index is 13.2.